The molecule has 1 saturated carbocycles. The maximum absolute atomic E-state index is 6.32. The predicted molar refractivity (Wildman–Crippen MR) is 82.7 cm³/mol. The van der Waals surface area contributed by atoms with Gasteiger partial charge in [-0.3, -0.25) is 0 Å². The van der Waals surface area contributed by atoms with Gasteiger partial charge < -0.3 is 10.1 Å². The van der Waals surface area contributed by atoms with E-state index in [2.05, 4.69) is 42.9 Å². The zero-order valence-electron chi connectivity index (χ0n) is 12.4. The maximum atomic E-state index is 6.32. The number of ether oxygens (including phenoxy) is 1. The number of hydrogen-bond acceptors (Lipinski definition) is 3. The second kappa shape index (κ2) is 6.87. The summed E-state index contributed by atoms with van der Waals surface area (Å²) in [6, 6.07) is 2.59. The third-order valence-corrected chi connectivity index (χ3v) is 4.93. The van der Waals surface area contributed by atoms with Crippen LogP contribution in [0.1, 0.15) is 58.1 Å². The Labute approximate surface area is 121 Å². The van der Waals surface area contributed by atoms with Crippen LogP contribution in [0, 0.1) is 5.92 Å². The van der Waals surface area contributed by atoms with Crippen molar-refractivity contribution >= 4 is 11.3 Å². The molecule has 1 fully saturated rings. The molecule has 3 unspecified atom stereocenters. The van der Waals surface area contributed by atoms with Gasteiger partial charge in [0.25, 0.3) is 0 Å². The molecule has 1 aliphatic carbocycles. The molecule has 0 amide bonds. The maximum Gasteiger partial charge on any atom is 0.0878 e. The third kappa shape index (κ3) is 3.39. The Morgan fingerprint density at radius 1 is 1.53 bits per heavy atom. The minimum absolute atomic E-state index is 0.0104. The van der Waals surface area contributed by atoms with E-state index in [-0.39, 0.29) is 5.60 Å². The van der Waals surface area contributed by atoms with Crippen molar-refractivity contribution in [2.75, 3.05) is 13.2 Å². The van der Waals surface area contributed by atoms with Crippen LogP contribution < -0.4 is 5.32 Å². The van der Waals surface area contributed by atoms with Gasteiger partial charge in [0, 0.05) is 6.61 Å². The van der Waals surface area contributed by atoms with Crippen molar-refractivity contribution in [2.24, 2.45) is 5.92 Å². The molecule has 0 aromatic carbocycles. The summed E-state index contributed by atoms with van der Waals surface area (Å²) in [5.74, 6) is 0.764. The van der Waals surface area contributed by atoms with E-state index in [0.717, 1.165) is 19.1 Å². The third-order valence-electron chi connectivity index (χ3n) is 4.23. The summed E-state index contributed by atoms with van der Waals surface area (Å²) < 4.78 is 6.32. The molecule has 1 N–H and O–H groups in total. The number of likely N-dealkylation sites (N-methyl/N-ethyl adjacent to an activating group) is 1. The fraction of sp³-hybridized carbons (Fsp3) is 0.750. The number of nitrogens with one attached hydrogen (secondary N) is 1. The number of thiophene rings is 1. The summed E-state index contributed by atoms with van der Waals surface area (Å²) in [5.41, 5.74) is 1.39. The van der Waals surface area contributed by atoms with E-state index >= 15 is 0 Å². The smallest absolute Gasteiger partial charge is 0.0878 e. The Balaban J connectivity index is 2.27. The average molecular weight is 281 g/mol. The minimum Gasteiger partial charge on any atom is -0.373 e. The van der Waals surface area contributed by atoms with Crippen molar-refractivity contribution in [1.29, 1.82) is 0 Å². The molecule has 0 radical (unpaired) electrons. The first-order valence-corrected chi connectivity index (χ1v) is 8.55. The Bertz CT molecular complexity index is 361. The van der Waals surface area contributed by atoms with Gasteiger partial charge in [0.1, 0.15) is 0 Å². The quantitative estimate of drug-likeness (QED) is 0.835. The average Bonchev–Trinajstić information content (AvgIpc) is 2.89. The van der Waals surface area contributed by atoms with Crippen LogP contribution in [0.5, 0.6) is 0 Å². The van der Waals surface area contributed by atoms with Crippen LogP contribution in [-0.2, 0) is 4.74 Å². The molecule has 0 spiro atoms. The highest BCUT2D eigenvalue weighted by atomic mass is 32.1. The van der Waals surface area contributed by atoms with Crippen LogP contribution in [0.3, 0.4) is 0 Å². The second-order valence-electron chi connectivity index (χ2n) is 5.75. The summed E-state index contributed by atoms with van der Waals surface area (Å²) in [7, 11) is 0. The summed E-state index contributed by atoms with van der Waals surface area (Å²) in [4.78, 5) is 0. The first-order chi connectivity index (χ1) is 9.22. The van der Waals surface area contributed by atoms with E-state index in [1.54, 1.807) is 11.3 Å². The summed E-state index contributed by atoms with van der Waals surface area (Å²) >= 11 is 1.78. The first kappa shape index (κ1) is 15.0. The molecule has 1 aromatic rings. The van der Waals surface area contributed by atoms with E-state index in [9.17, 15) is 0 Å². The Kier molecular flexibility index (Phi) is 5.43. The van der Waals surface area contributed by atoms with Crippen LogP contribution >= 0.6 is 11.3 Å². The Morgan fingerprint density at radius 2 is 2.37 bits per heavy atom. The van der Waals surface area contributed by atoms with Crippen molar-refractivity contribution in [3.8, 4) is 0 Å². The number of hydrogen-bond donors (Lipinski definition) is 1. The van der Waals surface area contributed by atoms with Crippen molar-refractivity contribution in [2.45, 2.75) is 58.1 Å². The molecule has 2 nitrogen and oxygen atoms in total. The molecule has 0 bridgehead atoms. The van der Waals surface area contributed by atoms with E-state index < -0.39 is 0 Å². The van der Waals surface area contributed by atoms with Gasteiger partial charge in [0.2, 0.25) is 0 Å². The van der Waals surface area contributed by atoms with Gasteiger partial charge >= 0.3 is 0 Å². The highest BCUT2D eigenvalue weighted by Gasteiger charge is 2.43. The van der Waals surface area contributed by atoms with E-state index in [4.69, 9.17) is 4.74 Å². The van der Waals surface area contributed by atoms with Crippen LogP contribution in [0.4, 0.5) is 0 Å². The van der Waals surface area contributed by atoms with Crippen LogP contribution in [0.2, 0.25) is 0 Å². The monoisotopic (exact) mass is 281 g/mol. The lowest BCUT2D eigenvalue weighted by molar-refractivity contribution is -0.101. The van der Waals surface area contributed by atoms with Gasteiger partial charge in [-0.2, -0.15) is 11.3 Å². The van der Waals surface area contributed by atoms with Gasteiger partial charge in [-0.05, 0) is 54.6 Å². The van der Waals surface area contributed by atoms with Crippen molar-refractivity contribution < 1.29 is 4.74 Å². The van der Waals surface area contributed by atoms with E-state index in [1.165, 1.54) is 31.2 Å². The summed E-state index contributed by atoms with van der Waals surface area (Å²) in [6.45, 7) is 8.47. The highest BCUT2D eigenvalue weighted by Crippen LogP contribution is 2.44. The fourth-order valence-corrected chi connectivity index (χ4v) is 4.24. The molecule has 1 aromatic heterocycles. The predicted octanol–water partition coefficient (Wildman–Crippen LogP) is 4.38. The molecule has 1 heterocycles. The molecular weight excluding hydrogens is 254 g/mol. The van der Waals surface area contributed by atoms with Crippen LogP contribution in [0.15, 0.2) is 16.8 Å². The standard InChI is InChI=1S/C16H27NOS/c1-4-17-15(14-8-10-19-12-14)16(18-5-2)9-6-7-13(3)11-16/h8,10,12-13,15,17H,4-7,9,11H2,1-3H3. The highest BCUT2D eigenvalue weighted by molar-refractivity contribution is 7.07. The van der Waals surface area contributed by atoms with Gasteiger partial charge in [-0.1, -0.05) is 26.7 Å². The lowest BCUT2D eigenvalue weighted by atomic mass is 9.73. The van der Waals surface area contributed by atoms with E-state index in [1.807, 2.05) is 0 Å². The molecule has 108 valence electrons. The number of rotatable bonds is 6. The lowest BCUT2D eigenvalue weighted by Gasteiger charge is -2.45. The summed E-state index contributed by atoms with van der Waals surface area (Å²) in [6.07, 6.45) is 4.98. The molecule has 2 rings (SSSR count). The van der Waals surface area contributed by atoms with Gasteiger partial charge in [0.15, 0.2) is 0 Å². The van der Waals surface area contributed by atoms with Gasteiger partial charge in [-0.15, -0.1) is 0 Å². The van der Waals surface area contributed by atoms with Gasteiger partial charge in [0.05, 0.1) is 11.6 Å². The minimum atomic E-state index is -0.0104. The first-order valence-electron chi connectivity index (χ1n) is 7.61. The fourth-order valence-electron chi connectivity index (χ4n) is 3.56. The largest absolute Gasteiger partial charge is 0.373 e. The molecular formula is C16H27NOS. The van der Waals surface area contributed by atoms with Crippen LogP contribution in [0.25, 0.3) is 0 Å². The topological polar surface area (TPSA) is 21.3 Å². The Hall–Kier alpha value is -0.380. The molecule has 0 saturated heterocycles. The normalized spacial score (nSPS) is 29.3. The zero-order valence-corrected chi connectivity index (χ0v) is 13.3. The van der Waals surface area contributed by atoms with Crippen molar-refractivity contribution in [3.63, 3.8) is 0 Å². The Morgan fingerprint density at radius 3 is 2.95 bits per heavy atom. The lowest BCUT2D eigenvalue weighted by Crippen LogP contribution is -2.49. The zero-order chi connectivity index (χ0) is 13.7. The van der Waals surface area contributed by atoms with Gasteiger partial charge in [-0.25, -0.2) is 0 Å². The van der Waals surface area contributed by atoms with Crippen molar-refractivity contribution in [1.82, 2.24) is 5.32 Å². The van der Waals surface area contributed by atoms with Crippen LogP contribution in [-0.4, -0.2) is 18.8 Å². The SMILES string of the molecule is CCNC(c1ccsc1)C1(OCC)CCCC(C)C1. The summed E-state index contributed by atoms with van der Waals surface area (Å²) in [5, 5.41) is 8.13. The van der Waals surface area contributed by atoms with Crippen molar-refractivity contribution in [3.05, 3.63) is 22.4 Å². The molecule has 0 aliphatic heterocycles. The van der Waals surface area contributed by atoms with E-state index in [0.29, 0.717) is 6.04 Å². The molecule has 3 heteroatoms. The molecule has 3 atom stereocenters. The second-order valence-corrected chi connectivity index (χ2v) is 6.53. The molecule has 19 heavy (non-hydrogen) atoms. The molecule has 1 aliphatic rings.